The molecule has 316 valence electrons. The van der Waals surface area contributed by atoms with E-state index >= 15 is 0 Å². The summed E-state index contributed by atoms with van der Waals surface area (Å²) in [7, 11) is 0. The van der Waals surface area contributed by atoms with Crippen LogP contribution in [0.5, 0.6) is 0 Å². The molecule has 0 spiro atoms. The lowest BCUT2D eigenvalue weighted by molar-refractivity contribution is 1.07. The number of aromatic nitrogens is 4. The van der Waals surface area contributed by atoms with Crippen LogP contribution < -0.4 is 0 Å². The van der Waals surface area contributed by atoms with Crippen molar-refractivity contribution in [2.75, 3.05) is 0 Å². The molecule has 4 nitrogen and oxygen atoms in total. The summed E-state index contributed by atoms with van der Waals surface area (Å²) in [5, 5.41) is 12.0. The third-order valence-corrected chi connectivity index (χ3v) is 14.7. The summed E-state index contributed by atoms with van der Waals surface area (Å²) in [6, 6.07) is 83.1. The molecule has 11 aromatic carbocycles. The van der Waals surface area contributed by atoms with Gasteiger partial charge in [-0.1, -0.05) is 194 Å². The fraction of sp³-hybridized carbons (Fsp3) is 0. The van der Waals surface area contributed by atoms with Gasteiger partial charge in [-0.05, 0) is 80.0 Å². The lowest BCUT2D eigenvalue weighted by Crippen LogP contribution is -2.04. The van der Waals surface area contributed by atoms with Crippen molar-refractivity contribution in [3.8, 4) is 62.1 Å². The first-order chi connectivity index (χ1) is 33.7. The molecule has 0 saturated carbocycles. The van der Waals surface area contributed by atoms with Crippen molar-refractivity contribution in [2.45, 2.75) is 0 Å². The largest absolute Gasteiger partial charge is 0.308 e. The van der Waals surface area contributed by atoms with Crippen LogP contribution in [0.1, 0.15) is 0 Å². The zero-order chi connectivity index (χ0) is 44.7. The molecular weight excluding hydrogens is 845 g/mol. The molecule has 3 aromatic heterocycles. The SMILES string of the molecule is c1ccc(-c2nc(-c3ccc4c(c3)sc3ccccc34)nc(-c3cc(-c4ccccc4)c(-n4c5cc6ccccc6cc5c5ccc6ccccc6c54)cc3-c3cccc4ccccc34)n2)cc1. The van der Waals surface area contributed by atoms with Gasteiger partial charge < -0.3 is 4.57 Å². The van der Waals surface area contributed by atoms with Crippen molar-refractivity contribution >= 4 is 85.6 Å². The highest BCUT2D eigenvalue weighted by molar-refractivity contribution is 7.25. The van der Waals surface area contributed by atoms with Gasteiger partial charge >= 0.3 is 0 Å². The molecule has 0 fully saturated rings. The molecule has 0 aliphatic heterocycles. The number of hydrogen-bond donors (Lipinski definition) is 0. The maximum absolute atomic E-state index is 5.50. The van der Waals surface area contributed by atoms with Crippen molar-refractivity contribution in [3.63, 3.8) is 0 Å². The smallest absolute Gasteiger partial charge is 0.164 e. The van der Waals surface area contributed by atoms with Gasteiger partial charge in [-0.15, -0.1) is 11.3 Å². The molecule has 0 aliphatic rings. The fourth-order valence-corrected chi connectivity index (χ4v) is 11.6. The second-order valence-corrected chi connectivity index (χ2v) is 18.6. The molecule has 0 amide bonds. The van der Waals surface area contributed by atoms with Gasteiger partial charge in [0.05, 0.1) is 16.7 Å². The Morgan fingerprint density at radius 1 is 0.294 bits per heavy atom. The lowest BCUT2D eigenvalue weighted by atomic mass is 9.90. The van der Waals surface area contributed by atoms with Gasteiger partial charge in [0.1, 0.15) is 0 Å². The molecule has 68 heavy (non-hydrogen) atoms. The van der Waals surface area contributed by atoms with Crippen LogP contribution in [0, 0.1) is 0 Å². The second-order valence-electron chi connectivity index (χ2n) is 17.5. The molecule has 0 radical (unpaired) electrons. The fourth-order valence-electron chi connectivity index (χ4n) is 10.4. The van der Waals surface area contributed by atoms with E-state index in [9.17, 15) is 0 Å². The van der Waals surface area contributed by atoms with E-state index < -0.39 is 0 Å². The number of thiophene rings is 1. The van der Waals surface area contributed by atoms with E-state index in [1.807, 2.05) is 18.2 Å². The zero-order valence-electron chi connectivity index (χ0n) is 36.6. The Morgan fingerprint density at radius 3 is 1.68 bits per heavy atom. The highest BCUT2D eigenvalue weighted by Gasteiger charge is 2.24. The second kappa shape index (κ2) is 15.4. The zero-order valence-corrected chi connectivity index (χ0v) is 37.5. The molecule has 0 aliphatic carbocycles. The first kappa shape index (κ1) is 38.5. The molecule has 14 rings (SSSR count). The van der Waals surface area contributed by atoms with E-state index in [-0.39, 0.29) is 0 Å². The minimum Gasteiger partial charge on any atom is -0.308 e. The lowest BCUT2D eigenvalue weighted by Gasteiger charge is -2.21. The summed E-state index contributed by atoms with van der Waals surface area (Å²) in [6.07, 6.45) is 0. The monoisotopic (exact) mass is 882 g/mol. The van der Waals surface area contributed by atoms with Crippen LogP contribution >= 0.6 is 11.3 Å². The van der Waals surface area contributed by atoms with Crippen molar-refractivity contribution < 1.29 is 0 Å². The topological polar surface area (TPSA) is 43.6 Å². The Kier molecular flexibility index (Phi) is 8.73. The van der Waals surface area contributed by atoms with Gasteiger partial charge in [0, 0.05) is 58.6 Å². The van der Waals surface area contributed by atoms with Crippen molar-refractivity contribution in [2.24, 2.45) is 0 Å². The van der Waals surface area contributed by atoms with Crippen LogP contribution in [0.4, 0.5) is 0 Å². The molecule has 0 saturated heterocycles. The number of benzene rings is 11. The van der Waals surface area contributed by atoms with Crippen LogP contribution in [0.15, 0.2) is 231 Å². The standard InChI is InChI=1S/C63H38N4S/c1-3-16-40(17-4-1)52-37-55(63-65-61(42-20-5-2-6-21-42)64-62(66-63)45-31-32-50-49-27-13-14-29-58(49)68-59(50)36-45)53(48-28-15-24-39-18-9-11-25-46(39)48)38-57(52)67-56-35-44-23-8-7-22-43(44)34-54(56)51-33-30-41-19-10-12-26-47(41)60(51)67/h1-38H. The highest BCUT2D eigenvalue weighted by atomic mass is 32.1. The molecule has 14 aromatic rings. The maximum atomic E-state index is 5.50. The van der Waals surface area contributed by atoms with E-state index in [1.54, 1.807) is 11.3 Å². The van der Waals surface area contributed by atoms with Gasteiger partial charge in [0.15, 0.2) is 17.5 Å². The van der Waals surface area contributed by atoms with Crippen molar-refractivity contribution in [1.29, 1.82) is 0 Å². The average Bonchev–Trinajstić information content (AvgIpc) is 3.95. The number of nitrogens with zero attached hydrogens (tertiary/aromatic N) is 4. The number of fused-ring (bicyclic) bond motifs is 10. The predicted molar refractivity (Wildman–Crippen MR) is 287 cm³/mol. The van der Waals surface area contributed by atoms with Crippen LogP contribution in [0.25, 0.3) is 136 Å². The molecule has 0 bridgehead atoms. The third-order valence-electron chi connectivity index (χ3n) is 13.6. The highest BCUT2D eigenvalue weighted by Crippen LogP contribution is 2.46. The summed E-state index contributed by atoms with van der Waals surface area (Å²) in [6.45, 7) is 0. The van der Waals surface area contributed by atoms with Crippen molar-refractivity contribution in [1.82, 2.24) is 19.5 Å². The molecule has 5 heteroatoms. The number of rotatable bonds is 6. The summed E-state index contributed by atoms with van der Waals surface area (Å²) in [5.41, 5.74) is 10.5. The van der Waals surface area contributed by atoms with E-state index in [4.69, 9.17) is 15.0 Å². The number of hydrogen-bond acceptors (Lipinski definition) is 4. The minimum absolute atomic E-state index is 0.607. The minimum atomic E-state index is 0.607. The summed E-state index contributed by atoms with van der Waals surface area (Å²) >= 11 is 1.80. The Bertz CT molecular complexity index is 4320. The molecular formula is C63H38N4S. The van der Waals surface area contributed by atoms with Crippen LogP contribution in [-0.4, -0.2) is 19.5 Å². The van der Waals surface area contributed by atoms with Gasteiger partial charge in [0.25, 0.3) is 0 Å². The van der Waals surface area contributed by atoms with E-state index in [0.29, 0.717) is 17.5 Å². The maximum Gasteiger partial charge on any atom is 0.164 e. The summed E-state index contributed by atoms with van der Waals surface area (Å²) in [5.74, 6) is 1.86. The van der Waals surface area contributed by atoms with Gasteiger partial charge in [0.2, 0.25) is 0 Å². The van der Waals surface area contributed by atoms with E-state index in [1.165, 1.54) is 58.0 Å². The van der Waals surface area contributed by atoms with Gasteiger partial charge in [-0.3, -0.25) is 0 Å². The van der Waals surface area contributed by atoms with Crippen molar-refractivity contribution in [3.05, 3.63) is 231 Å². The Labute approximate surface area is 395 Å². The van der Waals surface area contributed by atoms with E-state index in [0.717, 1.165) is 60.9 Å². The van der Waals surface area contributed by atoms with Crippen LogP contribution in [0.3, 0.4) is 0 Å². The Hall–Kier alpha value is -8.77. The quantitative estimate of drug-likeness (QED) is 0.167. The third kappa shape index (κ3) is 6.17. The molecule has 0 unspecified atom stereocenters. The summed E-state index contributed by atoms with van der Waals surface area (Å²) < 4.78 is 4.98. The average molecular weight is 883 g/mol. The molecule has 0 N–H and O–H groups in total. The van der Waals surface area contributed by atoms with Gasteiger partial charge in [-0.25, -0.2) is 15.0 Å². The van der Waals surface area contributed by atoms with E-state index in [2.05, 4.69) is 217 Å². The first-order valence-corrected chi connectivity index (χ1v) is 23.8. The Balaban J connectivity index is 1.12. The van der Waals surface area contributed by atoms with Gasteiger partial charge in [-0.2, -0.15) is 0 Å². The predicted octanol–water partition coefficient (Wildman–Crippen LogP) is 17.1. The Morgan fingerprint density at radius 2 is 0.882 bits per heavy atom. The molecule has 0 atom stereocenters. The van der Waals surface area contributed by atoms with Crippen LogP contribution in [0.2, 0.25) is 0 Å². The van der Waals surface area contributed by atoms with Crippen LogP contribution in [-0.2, 0) is 0 Å². The normalized spacial score (nSPS) is 11.8. The molecule has 3 heterocycles. The summed E-state index contributed by atoms with van der Waals surface area (Å²) in [4.78, 5) is 16.2. The first-order valence-electron chi connectivity index (χ1n) is 23.0.